The monoisotopic (exact) mass is 282 g/mol. The molecule has 2 rings (SSSR count). The van der Waals surface area contributed by atoms with Gasteiger partial charge in [-0.3, -0.25) is 4.90 Å². The summed E-state index contributed by atoms with van der Waals surface area (Å²) in [5.74, 6) is 0. The highest BCUT2D eigenvalue weighted by Crippen LogP contribution is 2.29. The molecule has 0 radical (unpaired) electrons. The Morgan fingerprint density at radius 3 is 2.95 bits per heavy atom. The molecule has 1 saturated heterocycles. The average Bonchev–Trinajstić information content (AvgIpc) is 2.39. The first kappa shape index (κ1) is 14.8. The van der Waals surface area contributed by atoms with Gasteiger partial charge in [0.2, 0.25) is 0 Å². The minimum Gasteiger partial charge on any atom is -0.392 e. The summed E-state index contributed by atoms with van der Waals surface area (Å²) in [6.45, 7) is 3.79. The first-order valence-corrected chi connectivity index (χ1v) is 7.42. The predicted octanol–water partition coefficient (Wildman–Crippen LogP) is 2.58. The minimum atomic E-state index is -0.237. The van der Waals surface area contributed by atoms with Crippen molar-refractivity contribution < 1.29 is 5.11 Å². The Morgan fingerprint density at radius 1 is 1.53 bits per heavy atom. The fourth-order valence-electron chi connectivity index (χ4n) is 2.88. The summed E-state index contributed by atoms with van der Waals surface area (Å²) in [5.41, 5.74) is 7.46. The van der Waals surface area contributed by atoms with Crippen LogP contribution in [-0.4, -0.2) is 35.2 Å². The van der Waals surface area contributed by atoms with E-state index in [2.05, 4.69) is 17.9 Å². The summed E-state index contributed by atoms with van der Waals surface area (Å²) in [7, 11) is 0. The zero-order chi connectivity index (χ0) is 13.8. The third-order valence-electron chi connectivity index (χ3n) is 3.89. The number of rotatable bonds is 4. The van der Waals surface area contributed by atoms with Gasteiger partial charge in [-0.15, -0.1) is 0 Å². The summed E-state index contributed by atoms with van der Waals surface area (Å²) < 4.78 is 0. The number of aliphatic hydroxyl groups is 1. The number of hydrogen-bond donors (Lipinski definition) is 2. The molecule has 1 heterocycles. The fourth-order valence-corrected chi connectivity index (χ4v) is 3.08. The molecule has 0 saturated carbocycles. The molecule has 0 bridgehead atoms. The van der Waals surface area contributed by atoms with E-state index in [1.54, 1.807) is 0 Å². The van der Waals surface area contributed by atoms with Gasteiger partial charge in [0.1, 0.15) is 0 Å². The molecule has 4 heteroatoms. The Morgan fingerprint density at radius 2 is 2.32 bits per heavy atom. The van der Waals surface area contributed by atoms with Crippen LogP contribution >= 0.6 is 11.6 Å². The second-order valence-corrected chi connectivity index (χ2v) is 5.80. The lowest BCUT2D eigenvalue weighted by Crippen LogP contribution is -2.47. The number of nitrogens with two attached hydrogens (primary N) is 1. The van der Waals surface area contributed by atoms with E-state index in [1.165, 1.54) is 0 Å². The second kappa shape index (κ2) is 6.71. The van der Waals surface area contributed by atoms with E-state index in [0.717, 1.165) is 36.4 Å². The SMILES string of the molecule is CCC(N)C(c1cccc(Cl)c1)N1CCCC(O)C1. The van der Waals surface area contributed by atoms with E-state index >= 15 is 0 Å². The normalized spacial score (nSPS) is 24.1. The summed E-state index contributed by atoms with van der Waals surface area (Å²) in [6, 6.07) is 8.11. The third-order valence-corrected chi connectivity index (χ3v) is 4.12. The minimum absolute atomic E-state index is 0.0590. The van der Waals surface area contributed by atoms with Crippen LogP contribution in [0.25, 0.3) is 0 Å². The first-order chi connectivity index (χ1) is 9.11. The average molecular weight is 283 g/mol. The maximum absolute atomic E-state index is 9.88. The maximum atomic E-state index is 9.88. The van der Waals surface area contributed by atoms with Crippen molar-refractivity contribution in [3.63, 3.8) is 0 Å². The van der Waals surface area contributed by atoms with Crippen LogP contribution in [0.5, 0.6) is 0 Å². The lowest BCUT2D eigenvalue weighted by atomic mass is 9.94. The smallest absolute Gasteiger partial charge is 0.0667 e. The Bertz CT molecular complexity index is 413. The zero-order valence-corrected chi connectivity index (χ0v) is 12.2. The molecule has 106 valence electrons. The van der Waals surface area contributed by atoms with Crippen LogP contribution in [-0.2, 0) is 0 Å². The van der Waals surface area contributed by atoms with Crippen LogP contribution in [0.2, 0.25) is 5.02 Å². The van der Waals surface area contributed by atoms with Gasteiger partial charge in [-0.05, 0) is 43.5 Å². The van der Waals surface area contributed by atoms with Gasteiger partial charge in [-0.1, -0.05) is 30.7 Å². The fraction of sp³-hybridized carbons (Fsp3) is 0.600. The quantitative estimate of drug-likeness (QED) is 0.892. The molecule has 0 amide bonds. The van der Waals surface area contributed by atoms with E-state index in [1.807, 2.05) is 18.2 Å². The molecule has 3 atom stereocenters. The van der Waals surface area contributed by atoms with Gasteiger partial charge >= 0.3 is 0 Å². The van der Waals surface area contributed by atoms with Gasteiger partial charge in [0.05, 0.1) is 12.1 Å². The molecule has 3 unspecified atom stereocenters. The molecular weight excluding hydrogens is 260 g/mol. The summed E-state index contributed by atoms with van der Waals surface area (Å²) in [5, 5.41) is 10.6. The number of halogens is 1. The highest BCUT2D eigenvalue weighted by atomic mass is 35.5. The van der Waals surface area contributed by atoms with Gasteiger partial charge in [0.15, 0.2) is 0 Å². The molecule has 1 aliphatic rings. The first-order valence-electron chi connectivity index (χ1n) is 7.05. The predicted molar refractivity (Wildman–Crippen MR) is 79.3 cm³/mol. The molecule has 19 heavy (non-hydrogen) atoms. The number of hydrogen-bond acceptors (Lipinski definition) is 3. The van der Waals surface area contributed by atoms with Crippen molar-refractivity contribution in [1.82, 2.24) is 4.90 Å². The van der Waals surface area contributed by atoms with E-state index in [0.29, 0.717) is 6.54 Å². The molecule has 1 aromatic rings. The Hall–Kier alpha value is -0.610. The lowest BCUT2D eigenvalue weighted by molar-refractivity contribution is 0.0385. The molecule has 0 spiro atoms. The lowest BCUT2D eigenvalue weighted by Gasteiger charge is -2.39. The van der Waals surface area contributed by atoms with Crippen LogP contribution in [0.15, 0.2) is 24.3 Å². The number of nitrogens with zero attached hydrogens (tertiary/aromatic N) is 1. The molecule has 1 aromatic carbocycles. The molecule has 1 aliphatic heterocycles. The molecular formula is C15H23ClN2O. The van der Waals surface area contributed by atoms with Crippen molar-refractivity contribution in [3.05, 3.63) is 34.9 Å². The van der Waals surface area contributed by atoms with Crippen molar-refractivity contribution in [2.45, 2.75) is 44.4 Å². The summed E-state index contributed by atoms with van der Waals surface area (Å²) in [4.78, 5) is 2.30. The van der Waals surface area contributed by atoms with Crippen molar-refractivity contribution in [2.75, 3.05) is 13.1 Å². The van der Waals surface area contributed by atoms with Crippen LogP contribution in [0.4, 0.5) is 0 Å². The van der Waals surface area contributed by atoms with Crippen molar-refractivity contribution >= 4 is 11.6 Å². The van der Waals surface area contributed by atoms with Gasteiger partial charge in [0, 0.05) is 17.6 Å². The Labute approximate surface area is 120 Å². The van der Waals surface area contributed by atoms with E-state index in [4.69, 9.17) is 17.3 Å². The highest BCUT2D eigenvalue weighted by molar-refractivity contribution is 6.30. The van der Waals surface area contributed by atoms with Crippen LogP contribution in [0, 0.1) is 0 Å². The van der Waals surface area contributed by atoms with Gasteiger partial charge in [-0.25, -0.2) is 0 Å². The number of β-amino-alcohol motifs (C(OH)–C–C–N with tert-alkyl or cyclic N) is 1. The summed E-state index contributed by atoms with van der Waals surface area (Å²) in [6.07, 6.45) is 2.58. The van der Waals surface area contributed by atoms with Gasteiger partial charge in [0.25, 0.3) is 0 Å². The third kappa shape index (κ3) is 3.69. The number of likely N-dealkylation sites (tertiary alicyclic amines) is 1. The van der Waals surface area contributed by atoms with Crippen LogP contribution < -0.4 is 5.73 Å². The summed E-state index contributed by atoms with van der Waals surface area (Å²) >= 11 is 6.10. The highest BCUT2D eigenvalue weighted by Gasteiger charge is 2.29. The maximum Gasteiger partial charge on any atom is 0.0667 e. The molecule has 0 aliphatic carbocycles. The topological polar surface area (TPSA) is 49.5 Å². The van der Waals surface area contributed by atoms with Crippen LogP contribution in [0.3, 0.4) is 0 Å². The molecule has 1 fully saturated rings. The van der Waals surface area contributed by atoms with E-state index in [9.17, 15) is 5.11 Å². The zero-order valence-electron chi connectivity index (χ0n) is 11.4. The molecule has 3 nitrogen and oxygen atoms in total. The second-order valence-electron chi connectivity index (χ2n) is 5.36. The van der Waals surface area contributed by atoms with E-state index < -0.39 is 0 Å². The van der Waals surface area contributed by atoms with E-state index in [-0.39, 0.29) is 18.2 Å². The number of piperidine rings is 1. The van der Waals surface area contributed by atoms with Gasteiger partial charge in [-0.2, -0.15) is 0 Å². The number of benzene rings is 1. The Kier molecular flexibility index (Phi) is 5.22. The van der Waals surface area contributed by atoms with Crippen molar-refractivity contribution in [3.8, 4) is 0 Å². The van der Waals surface area contributed by atoms with Crippen LogP contribution in [0.1, 0.15) is 37.8 Å². The number of aliphatic hydroxyl groups excluding tert-OH is 1. The van der Waals surface area contributed by atoms with Gasteiger partial charge < -0.3 is 10.8 Å². The van der Waals surface area contributed by atoms with Crippen molar-refractivity contribution in [2.24, 2.45) is 5.73 Å². The van der Waals surface area contributed by atoms with Crippen molar-refractivity contribution in [1.29, 1.82) is 0 Å². The standard InChI is InChI=1S/C15H23ClN2O/c1-2-14(17)15(11-5-3-6-12(16)9-11)18-8-4-7-13(19)10-18/h3,5-6,9,13-15,19H,2,4,7-8,10,17H2,1H3. The molecule has 3 N–H and O–H groups in total. The molecule has 0 aromatic heterocycles. The Balaban J connectivity index is 2.25. The largest absolute Gasteiger partial charge is 0.392 e.